The van der Waals surface area contributed by atoms with E-state index in [4.69, 9.17) is 9.26 Å². The van der Waals surface area contributed by atoms with Crippen molar-refractivity contribution in [2.24, 2.45) is 0 Å². The van der Waals surface area contributed by atoms with Gasteiger partial charge in [-0.3, -0.25) is 4.79 Å². The molecule has 0 unspecified atom stereocenters. The highest BCUT2D eigenvalue weighted by molar-refractivity contribution is 5.84. The standard InChI is InChI=1S/C16H26N2O3/c1-10(2)18(14-6-8-20-9-7-14)16(19)11(3)15-12(4)17-21-13(15)5/h10-11,14H,6-9H2,1-5H3/t11-/m0/s1. The first-order valence-electron chi connectivity index (χ1n) is 7.76. The van der Waals surface area contributed by atoms with E-state index in [2.05, 4.69) is 19.0 Å². The second kappa shape index (κ2) is 6.60. The fourth-order valence-corrected chi connectivity index (χ4v) is 3.27. The molecule has 1 fully saturated rings. The van der Waals surface area contributed by atoms with Crippen LogP contribution in [-0.4, -0.2) is 41.3 Å². The summed E-state index contributed by atoms with van der Waals surface area (Å²) in [7, 11) is 0. The third kappa shape index (κ3) is 3.28. The van der Waals surface area contributed by atoms with Crippen LogP contribution < -0.4 is 0 Å². The molecule has 2 heterocycles. The summed E-state index contributed by atoms with van der Waals surface area (Å²) in [5.74, 6) is 0.678. The smallest absolute Gasteiger partial charge is 0.230 e. The average Bonchev–Trinajstić information content (AvgIpc) is 2.78. The molecule has 1 atom stereocenters. The average molecular weight is 294 g/mol. The van der Waals surface area contributed by atoms with Crippen molar-refractivity contribution >= 4 is 5.91 Å². The molecule has 0 saturated carbocycles. The summed E-state index contributed by atoms with van der Waals surface area (Å²) in [6.45, 7) is 11.3. The minimum atomic E-state index is -0.221. The molecular formula is C16H26N2O3. The van der Waals surface area contributed by atoms with Crippen molar-refractivity contribution in [3.05, 3.63) is 17.0 Å². The maximum absolute atomic E-state index is 13.0. The van der Waals surface area contributed by atoms with Crippen molar-refractivity contribution < 1.29 is 14.1 Å². The van der Waals surface area contributed by atoms with Gasteiger partial charge in [0.2, 0.25) is 5.91 Å². The number of ether oxygens (including phenoxy) is 1. The van der Waals surface area contributed by atoms with Gasteiger partial charge >= 0.3 is 0 Å². The van der Waals surface area contributed by atoms with Gasteiger partial charge in [-0.1, -0.05) is 5.16 Å². The summed E-state index contributed by atoms with van der Waals surface area (Å²) in [4.78, 5) is 15.0. The number of aryl methyl sites for hydroxylation is 2. The number of hydrogen-bond acceptors (Lipinski definition) is 4. The lowest BCUT2D eigenvalue weighted by Crippen LogP contribution is -2.48. The van der Waals surface area contributed by atoms with Gasteiger partial charge in [-0.2, -0.15) is 0 Å². The summed E-state index contributed by atoms with van der Waals surface area (Å²) in [5.41, 5.74) is 1.74. The highest BCUT2D eigenvalue weighted by atomic mass is 16.5. The third-order valence-electron chi connectivity index (χ3n) is 4.29. The van der Waals surface area contributed by atoms with Crippen molar-refractivity contribution in [1.29, 1.82) is 0 Å². The van der Waals surface area contributed by atoms with E-state index in [1.54, 1.807) is 0 Å². The van der Waals surface area contributed by atoms with Crippen LogP contribution in [0.2, 0.25) is 0 Å². The molecular weight excluding hydrogens is 268 g/mol. The van der Waals surface area contributed by atoms with Gasteiger partial charge in [-0.25, -0.2) is 0 Å². The molecule has 5 heteroatoms. The maximum atomic E-state index is 13.0. The van der Waals surface area contributed by atoms with Crippen molar-refractivity contribution in [2.75, 3.05) is 13.2 Å². The van der Waals surface area contributed by atoms with E-state index in [-0.39, 0.29) is 23.9 Å². The molecule has 1 saturated heterocycles. The normalized spacial score (nSPS) is 18.0. The monoisotopic (exact) mass is 294 g/mol. The number of carbonyl (C=O) groups is 1. The van der Waals surface area contributed by atoms with Gasteiger partial charge in [-0.05, 0) is 47.5 Å². The predicted molar refractivity (Wildman–Crippen MR) is 80.2 cm³/mol. The largest absolute Gasteiger partial charge is 0.381 e. The number of rotatable bonds is 4. The van der Waals surface area contributed by atoms with E-state index in [0.29, 0.717) is 0 Å². The number of amides is 1. The Balaban J connectivity index is 2.22. The van der Waals surface area contributed by atoms with Crippen molar-refractivity contribution in [3.8, 4) is 0 Å². The van der Waals surface area contributed by atoms with Crippen LogP contribution >= 0.6 is 0 Å². The summed E-state index contributed by atoms with van der Waals surface area (Å²) in [5, 5.41) is 3.97. The van der Waals surface area contributed by atoms with E-state index in [1.165, 1.54) is 0 Å². The molecule has 2 rings (SSSR count). The maximum Gasteiger partial charge on any atom is 0.230 e. The lowest BCUT2D eigenvalue weighted by atomic mass is 9.95. The summed E-state index contributed by atoms with van der Waals surface area (Å²) in [6.07, 6.45) is 1.83. The highest BCUT2D eigenvalue weighted by Crippen LogP contribution is 2.28. The lowest BCUT2D eigenvalue weighted by Gasteiger charge is -2.38. The highest BCUT2D eigenvalue weighted by Gasteiger charge is 2.33. The molecule has 21 heavy (non-hydrogen) atoms. The zero-order valence-electron chi connectivity index (χ0n) is 13.7. The first kappa shape index (κ1) is 16.0. The van der Waals surface area contributed by atoms with Crippen LogP contribution in [0.4, 0.5) is 0 Å². The Labute approximate surface area is 126 Å². The molecule has 1 amide bonds. The topological polar surface area (TPSA) is 55.6 Å². The van der Waals surface area contributed by atoms with Crippen LogP contribution in [0, 0.1) is 13.8 Å². The fraction of sp³-hybridized carbons (Fsp3) is 0.750. The lowest BCUT2D eigenvalue weighted by molar-refractivity contribution is -0.139. The molecule has 0 bridgehead atoms. The van der Waals surface area contributed by atoms with Gasteiger partial charge in [0.1, 0.15) is 5.76 Å². The molecule has 1 aliphatic heterocycles. The molecule has 0 spiro atoms. The third-order valence-corrected chi connectivity index (χ3v) is 4.29. The van der Waals surface area contributed by atoms with E-state index in [0.717, 1.165) is 43.1 Å². The van der Waals surface area contributed by atoms with Gasteiger partial charge < -0.3 is 14.2 Å². The van der Waals surface area contributed by atoms with E-state index < -0.39 is 0 Å². The minimum Gasteiger partial charge on any atom is -0.381 e. The Morgan fingerprint density at radius 3 is 2.33 bits per heavy atom. The Bertz CT molecular complexity index is 470. The molecule has 1 aromatic heterocycles. The molecule has 5 nitrogen and oxygen atoms in total. The van der Waals surface area contributed by atoms with Gasteiger partial charge in [0, 0.05) is 30.9 Å². The zero-order chi connectivity index (χ0) is 15.6. The van der Waals surface area contributed by atoms with E-state index in [9.17, 15) is 4.79 Å². The van der Waals surface area contributed by atoms with Crippen LogP contribution in [-0.2, 0) is 9.53 Å². The number of hydrogen-bond donors (Lipinski definition) is 0. The van der Waals surface area contributed by atoms with Gasteiger partial charge in [0.05, 0.1) is 11.6 Å². The first-order valence-corrected chi connectivity index (χ1v) is 7.76. The fourth-order valence-electron chi connectivity index (χ4n) is 3.27. The Morgan fingerprint density at radius 1 is 1.24 bits per heavy atom. The molecule has 118 valence electrons. The molecule has 0 aliphatic carbocycles. The molecule has 0 aromatic carbocycles. The summed E-state index contributed by atoms with van der Waals surface area (Å²) >= 11 is 0. The van der Waals surface area contributed by atoms with Crippen LogP contribution in [0.1, 0.15) is 56.5 Å². The number of aromatic nitrogens is 1. The zero-order valence-corrected chi connectivity index (χ0v) is 13.7. The SMILES string of the molecule is Cc1noc(C)c1[C@H](C)C(=O)N(C(C)C)C1CCOCC1. The quantitative estimate of drug-likeness (QED) is 0.857. The van der Waals surface area contributed by atoms with E-state index >= 15 is 0 Å². The molecule has 0 N–H and O–H groups in total. The Kier molecular flexibility index (Phi) is 5.04. The van der Waals surface area contributed by atoms with Gasteiger partial charge in [0.15, 0.2) is 0 Å². The molecule has 0 radical (unpaired) electrons. The summed E-state index contributed by atoms with van der Waals surface area (Å²) < 4.78 is 10.6. The molecule has 1 aliphatic rings. The second-order valence-corrected chi connectivity index (χ2v) is 6.14. The van der Waals surface area contributed by atoms with Crippen LogP contribution in [0.25, 0.3) is 0 Å². The van der Waals surface area contributed by atoms with Crippen molar-refractivity contribution in [3.63, 3.8) is 0 Å². The van der Waals surface area contributed by atoms with E-state index in [1.807, 2.05) is 25.7 Å². The minimum absolute atomic E-state index is 0.159. The Morgan fingerprint density at radius 2 is 1.86 bits per heavy atom. The van der Waals surface area contributed by atoms with Gasteiger partial charge in [0.25, 0.3) is 0 Å². The van der Waals surface area contributed by atoms with Crippen LogP contribution in [0.15, 0.2) is 4.52 Å². The first-order chi connectivity index (χ1) is 9.93. The number of carbonyl (C=O) groups excluding carboxylic acids is 1. The number of nitrogens with zero attached hydrogens (tertiary/aromatic N) is 2. The Hall–Kier alpha value is -1.36. The molecule has 1 aromatic rings. The van der Waals surface area contributed by atoms with Gasteiger partial charge in [-0.15, -0.1) is 0 Å². The van der Waals surface area contributed by atoms with Crippen LogP contribution in [0.5, 0.6) is 0 Å². The van der Waals surface area contributed by atoms with Crippen molar-refractivity contribution in [2.45, 2.75) is 65.5 Å². The summed E-state index contributed by atoms with van der Waals surface area (Å²) in [6, 6.07) is 0.456. The van der Waals surface area contributed by atoms with Crippen LogP contribution in [0.3, 0.4) is 0 Å². The predicted octanol–water partition coefficient (Wildman–Crippen LogP) is 2.81. The second-order valence-electron chi connectivity index (χ2n) is 6.14. The van der Waals surface area contributed by atoms with Crippen molar-refractivity contribution in [1.82, 2.24) is 10.1 Å².